The van der Waals surface area contributed by atoms with Crippen molar-refractivity contribution in [2.24, 2.45) is 11.7 Å². The van der Waals surface area contributed by atoms with E-state index in [0.29, 0.717) is 23.4 Å². The maximum Gasteiger partial charge on any atom is 0.277 e. The number of benzene rings is 1. The first-order valence-electron chi connectivity index (χ1n) is 6.84. The van der Waals surface area contributed by atoms with Gasteiger partial charge in [0.1, 0.15) is 5.52 Å². The molecule has 0 saturated heterocycles. The third kappa shape index (κ3) is 2.38. The molecule has 0 spiro atoms. The lowest BCUT2D eigenvalue weighted by Gasteiger charge is -2.18. The summed E-state index contributed by atoms with van der Waals surface area (Å²) in [5.74, 6) is 0.514. The van der Waals surface area contributed by atoms with Gasteiger partial charge in [-0.15, -0.1) is 5.10 Å². The summed E-state index contributed by atoms with van der Waals surface area (Å²) < 4.78 is 1.41. The normalized spacial score (nSPS) is 17.9. The van der Waals surface area contributed by atoms with Crippen LogP contribution >= 0.6 is 0 Å². The van der Waals surface area contributed by atoms with Gasteiger partial charge in [0.05, 0.1) is 11.9 Å². The Hall–Kier alpha value is -1.75. The van der Waals surface area contributed by atoms with Gasteiger partial charge in [0, 0.05) is 6.04 Å². The van der Waals surface area contributed by atoms with Crippen LogP contribution < -0.4 is 11.3 Å². The van der Waals surface area contributed by atoms with Gasteiger partial charge >= 0.3 is 0 Å². The van der Waals surface area contributed by atoms with E-state index in [1.54, 1.807) is 12.1 Å². The van der Waals surface area contributed by atoms with Crippen LogP contribution in [0, 0.1) is 5.92 Å². The van der Waals surface area contributed by atoms with Crippen molar-refractivity contribution in [2.45, 2.75) is 38.3 Å². The van der Waals surface area contributed by atoms with Crippen molar-refractivity contribution in [1.82, 2.24) is 15.0 Å². The average molecular weight is 258 g/mol. The third-order valence-electron chi connectivity index (χ3n) is 4.02. The monoisotopic (exact) mass is 258 g/mol. The summed E-state index contributed by atoms with van der Waals surface area (Å²) in [5.41, 5.74) is 6.74. The molecule has 0 radical (unpaired) electrons. The van der Waals surface area contributed by atoms with Crippen LogP contribution in [0.4, 0.5) is 0 Å². The van der Waals surface area contributed by atoms with Gasteiger partial charge in [0.15, 0.2) is 0 Å². The van der Waals surface area contributed by atoms with Crippen LogP contribution in [0.5, 0.6) is 0 Å². The molecule has 1 aromatic heterocycles. The fourth-order valence-electron chi connectivity index (χ4n) is 2.88. The summed E-state index contributed by atoms with van der Waals surface area (Å²) in [6.07, 6.45) is 4.82. The first-order chi connectivity index (χ1) is 9.25. The van der Waals surface area contributed by atoms with Crippen molar-refractivity contribution in [2.75, 3.05) is 0 Å². The molecule has 1 aliphatic carbocycles. The Morgan fingerprint density at radius 3 is 2.84 bits per heavy atom. The molecular weight excluding hydrogens is 240 g/mol. The van der Waals surface area contributed by atoms with Gasteiger partial charge in [0.2, 0.25) is 0 Å². The fraction of sp³-hybridized carbons (Fsp3) is 0.500. The molecular formula is C14H18N4O. The van der Waals surface area contributed by atoms with E-state index in [-0.39, 0.29) is 11.6 Å². The Kier molecular flexibility index (Phi) is 3.29. The Bertz CT molecular complexity index is 631. The molecule has 1 aliphatic rings. The lowest BCUT2D eigenvalue weighted by Crippen LogP contribution is -2.38. The number of fused-ring (bicyclic) bond motifs is 1. The van der Waals surface area contributed by atoms with Crippen molar-refractivity contribution in [3.8, 4) is 0 Å². The van der Waals surface area contributed by atoms with Crippen LogP contribution in [0.15, 0.2) is 29.1 Å². The number of hydrogen-bond donors (Lipinski definition) is 1. The van der Waals surface area contributed by atoms with Crippen molar-refractivity contribution >= 4 is 10.9 Å². The van der Waals surface area contributed by atoms with Gasteiger partial charge in [-0.2, -0.15) is 0 Å². The minimum Gasteiger partial charge on any atom is -0.326 e. The van der Waals surface area contributed by atoms with Gasteiger partial charge in [-0.3, -0.25) is 4.79 Å². The second kappa shape index (κ2) is 5.09. The molecule has 0 aliphatic heterocycles. The molecule has 5 heteroatoms. The maximum atomic E-state index is 12.3. The molecule has 1 heterocycles. The van der Waals surface area contributed by atoms with Crippen molar-refractivity contribution in [3.63, 3.8) is 0 Å². The highest BCUT2D eigenvalue weighted by Crippen LogP contribution is 2.27. The Labute approximate surface area is 111 Å². The molecule has 1 unspecified atom stereocenters. The molecule has 2 aromatic rings. The summed E-state index contributed by atoms with van der Waals surface area (Å²) >= 11 is 0. The van der Waals surface area contributed by atoms with E-state index in [2.05, 4.69) is 10.3 Å². The van der Waals surface area contributed by atoms with Crippen LogP contribution in [-0.2, 0) is 6.54 Å². The number of aromatic nitrogens is 3. The molecule has 2 N–H and O–H groups in total. The van der Waals surface area contributed by atoms with Gasteiger partial charge in [0.25, 0.3) is 5.56 Å². The third-order valence-corrected chi connectivity index (χ3v) is 4.02. The van der Waals surface area contributed by atoms with Crippen molar-refractivity contribution in [3.05, 3.63) is 34.6 Å². The summed E-state index contributed by atoms with van der Waals surface area (Å²) in [6.45, 7) is 0.460. The smallest absolute Gasteiger partial charge is 0.277 e. The van der Waals surface area contributed by atoms with Crippen LogP contribution in [0.25, 0.3) is 10.9 Å². The topological polar surface area (TPSA) is 73.8 Å². The van der Waals surface area contributed by atoms with Gasteiger partial charge in [-0.1, -0.05) is 30.2 Å². The highest BCUT2D eigenvalue weighted by Gasteiger charge is 2.23. The van der Waals surface area contributed by atoms with Crippen molar-refractivity contribution < 1.29 is 0 Å². The second-order valence-electron chi connectivity index (χ2n) is 5.30. The van der Waals surface area contributed by atoms with Crippen LogP contribution in [-0.4, -0.2) is 21.0 Å². The molecule has 1 saturated carbocycles. The van der Waals surface area contributed by atoms with Gasteiger partial charge in [-0.05, 0) is 30.9 Å². The SMILES string of the molecule is NC(Cn1nnc2ccccc2c1=O)C1CCCC1. The first kappa shape index (κ1) is 12.3. The highest BCUT2D eigenvalue weighted by atomic mass is 16.1. The summed E-state index contributed by atoms with van der Waals surface area (Å²) in [6, 6.07) is 7.27. The largest absolute Gasteiger partial charge is 0.326 e. The molecule has 1 atom stereocenters. The zero-order chi connectivity index (χ0) is 13.2. The molecule has 1 aromatic carbocycles. The van der Waals surface area contributed by atoms with Crippen LogP contribution in [0.1, 0.15) is 25.7 Å². The average Bonchev–Trinajstić information content (AvgIpc) is 2.96. The standard InChI is InChI=1S/C14H18N4O/c15-12(10-5-1-2-6-10)9-18-14(19)11-7-3-4-8-13(11)16-17-18/h3-4,7-8,10,12H,1-2,5-6,9,15H2. The Balaban J connectivity index is 1.88. The molecule has 19 heavy (non-hydrogen) atoms. The zero-order valence-corrected chi connectivity index (χ0v) is 10.8. The van der Waals surface area contributed by atoms with Crippen molar-refractivity contribution in [1.29, 1.82) is 0 Å². The van der Waals surface area contributed by atoms with Gasteiger partial charge < -0.3 is 5.73 Å². The fourth-order valence-corrected chi connectivity index (χ4v) is 2.88. The number of rotatable bonds is 3. The Morgan fingerprint density at radius 1 is 1.32 bits per heavy atom. The first-order valence-corrected chi connectivity index (χ1v) is 6.84. The number of hydrogen-bond acceptors (Lipinski definition) is 4. The number of nitrogens with two attached hydrogens (primary N) is 1. The predicted molar refractivity (Wildman–Crippen MR) is 73.7 cm³/mol. The summed E-state index contributed by atoms with van der Waals surface area (Å²) in [4.78, 5) is 12.3. The molecule has 100 valence electrons. The summed E-state index contributed by atoms with van der Waals surface area (Å²) in [7, 11) is 0. The minimum atomic E-state index is -0.0981. The molecule has 1 fully saturated rings. The molecule has 0 amide bonds. The van der Waals surface area contributed by atoms with E-state index >= 15 is 0 Å². The minimum absolute atomic E-state index is 0.00402. The van der Waals surface area contributed by atoms with Crippen LogP contribution in [0.3, 0.4) is 0 Å². The lowest BCUT2D eigenvalue weighted by molar-refractivity contribution is 0.361. The summed E-state index contributed by atoms with van der Waals surface area (Å²) in [5, 5.41) is 8.68. The highest BCUT2D eigenvalue weighted by molar-refractivity contribution is 5.76. The van der Waals surface area contributed by atoms with E-state index < -0.39 is 0 Å². The molecule has 5 nitrogen and oxygen atoms in total. The van der Waals surface area contributed by atoms with E-state index in [1.165, 1.54) is 17.5 Å². The van der Waals surface area contributed by atoms with E-state index in [9.17, 15) is 4.79 Å². The molecule has 0 bridgehead atoms. The second-order valence-corrected chi connectivity index (χ2v) is 5.30. The quantitative estimate of drug-likeness (QED) is 0.900. The van der Waals surface area contributed by atoms with Crippen LogP contribution in [0.2, 0.25) is 0 Å². The lowest BCUT2D eigenvalue weighted by atomic mass is 9.99. The van der Waals surface area contributed by atoms with E-state index in [0.717, 1.165) is 12.8 Å². The Morgan fingerprint density at radius 2 is 2.05 bits per heavy atom. The zero-order valence-electron chi connectivity index (χ0n) is 10.8. The molecule has 3 rings (SSSR count). The predicted octanol–water partition coefficient (Wildman–Crippen LogP) is 1.31. The van der Waals surface area contributed by atoms with Gasteiger partial charge in [-0.25, -0.2) is 4.68 Å². The number of nitrogens with zero attached hydrogens (tertiary/aromatic N) is 3. The maximum absolute atomic E-state index is 12.3. The van der Waals surface area contributed by atoms with E-state index in [1.807, 2.05) is 12.1 Å². The van der Waals surface area contributed by atoms with E-state index in [4.69, 9.17) is 5.73 Å².